The van der Waals surface area contributed by atoms with Gasteiger partial charge in [0.15, 0.2) is 11.5 Å². The molecular formula is C29H29NO7. The number of nitrogens with zero attached hydrogens (tertiary/aromatic N) is 1. The second-order valence-corrected chi connectivity index (χ2v) is 8.40. The SMILES string of the molecule is COCCN1C(=O)C(=O)/C(=C(/O)c2ccc(OC)c(OC)c2)C1c1ccc(OCc2ccccc2)cc1. The average molecular weight is 504 g/mol. The van der Waals surface area contributed by atoms with Gasteiger partial charge in [-0.05, 0) is 41.5 Å². The summed E-state index contributed by atoms with van der Waals surface area (Å²) in [6.45, 7) is 0.824. The predicted octanol–water partition coefficient (Wildman–Crippen LogP) is 4.35. The van der Waals surface area contributed by atoms with E-state index in [0.29, 0.717) is 35.0 Å². The van der Waals surface area contributed by atoms with Crippen LogP contribution in [-0.4, -0.2) is 56.2 Å². The lowest BCUT2D eigenvalue weighted by Gasteiger charge is -2.25. The van der Waals surface area contributed by atoms with Gasteiger partial charge >= 0.3 is 0 Å². The Kier molecular flexibility index (Phi) is 8.10. The van der Waals surface area contributed by atoms with Gasteiger partial charge in [-0.2, -0.15) is 0 Å². The number of ether oxygens (including phenoxy) is 4. The van der Waals surface area contributed by atoms with E-state index < -0.39 is 17.7 Å². The van der Waals surface area contributed by atoms with Crippen molar-refractivity contribution in [1.29, 1.82) is 0 Å². The molecule has 1 fully saturated rings. The molecule has 0 aromatic heterocycles. The summed E-state index contributed by atoms with van der Waals surface area (Å²) < 4.78 is 21.7. The zero-order valence-electron chi connectivity index (χ0n) is 21.0. The fourth-order valence-electron chi connectivity index (χ4n) is 4.27. The number of hydrogen-bond acceptors (Lipinski definition) is 7. The Labute approximate surface area is 215 Å². The maximum atomic E-state index is 13.2. The van der Waals surface area contributed by atoms with Crippen LogP contribution in [0.1, 0.15) is 22.7 Å². The summed E-state index contributed by atoms with van der Waals surface area (Å²) >= 11 is 0. The van der Waals surface area contributed by atoms with E-state index in [9.17, 15) is 14.7 Å². The summed E-state index contributed by atoms with van der Waals surface area (Å²) in [4.78, 5) is 27.6. The standard InChI is InChI=1S/C29H29NO7/c1-34-16-15-30-26(20-9-12-22(13-10-20)37-18-19-7-5-4-6-8-19)25(28(32)29(30)33)27(31)21-11-14-23(35-2)24(17-21)36-3/h4-14,17,26,31H,15-16,18H2,1-3H3/b27-25+. The normalized spacial score (nSPS) is 16.6. The van der Waals surface area contributed by atoms with Crippen LogP contribution in [0.5, 0.6) is 17.2 Å². The van der Waals surface area contributed by atoms with Crippen molar-refractivity contribution in [2.75, 3.05) is 34.5 Å². The quantitative estimate of drug-likeness (QED) is 0.250. The van der Waals surface area contributed by atoms with Crippen molar-refractivity contribution >= 4 is 17.4 Å². The molecule has 0 aliphatic carbocycles. The molecule has 1 amide bonds. The summed E-state index contributed by atoms with van der Waals surface area (Å²) in [5, 5.41) is 11.3. The number of Topliss-reactive ketones (excluding diaryl/α,β-unsaturated/α-hetero) is 1. The van der Waals surface area contributed by atoms with Crippen molar-refractivity contribution in [2.45, 2.75) is 12.6 Å². The molecule has 3 aromatic carbocycles. The number of ketones is 1. The number of aliphatic hydroxyl groups is 1. The van der Waals surface area contributed by atoms with Crippen LogP contribution in [0, 0.1) is 0 Å². The molecular weight excluding hydrogens is 474 g/mol. The molecule has 4 rings (SSSR count). The largest absolute Gasteiger partial charge is 0.507 e. The van der Waals surface area contributed by atoms with E-state index in [-0.39, 0.29) is 24.5 Å². The van der Waals surface area contributed by atoms with Gasteiger partial charge in [-0.25, -0.2) is 0 Å². The Morgan fingerprint density at radius 1 is 0.892 bits per heavy atom. The highest BCUT2D eigenvalue weighted by Crippen LogP contribution is 2.41. The molecule has 37 heavy (non-hydrogen) atoms. The smallest absolute Gasteiger partial charge is 0.295 e. The fraction of sp³-hybridized carbons (Fsp3) is 0.241. The lowest BCUT2D eigenvalue weighted by atomic mass is 9.95. The van der Waals surface area contributed by atoms with Crippen molar-refractivity contribution in [2.24, 2.45) is 0 Å². The molecule has 1 atom stereocenters. The number of amides is 1. The molecule has 1 aliphatic rings. The highest BCUT2D eigenvalue weighted by atomic mass is 16.5. The van der Waals surface area contributed by atoms with E-state index in [4.69, 9.17) is 18.9 Å². The first-order chi connectivity index (χ1) is 18.0. The van der Waals surface area contributed by atoms with Crippen LogP contribution in [0.3, 0.4) is 0 Å². The van der Waals surface area contributed by atoms with Crippen LogP contribution in [0.4, 0.5) is 0 Å². The zero-order valence-corrected chi connectivity index (χ0v) is 21.0. The summed E-state index contributed by atoms with van der Waals surface area (Å²) in [6, 6.07) is 20.9. The van der Waals surface area contributed by atoms with E-state index in [0.717, 1.165) is 5.56 Å². The maximum Gasteiger partial charge on any atom is 0.295 e. The lowest BCUT2D eigenvalue weighted by Crippen LogP contribution is -2.32. The van der Waals surface area contributed by atoms with Gasteiger partial charge in [0.05, 0.1) is 32.4 Å². The molecule has 192 valence electrons. The van der Waals surface area contributed by atoms with Crippen molar-refractivity contribution in [1.82, 2.24) is 4.90 Å². The van der Waals surface area contributed by atoms with Gasteiger partial charge in [0, 0.05) is 19.2 Å². The van der Waals surface area contributed by atoms with Crippen molar-refractivity contribution in [3.8, 4) is 17.2 Å². The van der Waals surface area contributed by atoms with E-state index in [1.54, 1.807) is 42.5 Å². The third-order valence-corrected chi connectivity index (χ3v) is 6.18. The first-order valence-electron chi connectivity index (χ1n) is 11.7. The first kappa shape index (κ1) is 25.8. The number of rotatable bonds is 10. The van der Waals surface area contributed by atoms with Crippen LogP contribution in [0.15, 0.2) is 78.4 Å². The minimum absolute atomic E-state index is 0.00808. The van der Waals surface area contributed by atoms with Crippen LogP contribution < -0.4 is 14.2 Å². The highest BCUT2D eigenvalue weighted by molar-refractivity contribution is 6.46. The fourth-order valence-corrected chi connectivity index (χ4v) is 4.27. The molecule has 8 nitrogen and oxygen atoms in total. The van der Waals surface area contributed by atoms with Gasteiger partial charge in [0.2, 0.25) is 0 Å². The summed E-state index contributed by atoms with van der Waals surface area (Å²) in [6.07, 6.45) is 0. The van der Waals surface area contributed by atoms with Gasteiger partial charge in [-0.3, -0.25) is 9.59 Å². The van der Waals surface area contributed by atoms with Crippen molar-refractivity contribution < 1.29 is 33.6 Å². The molecule has 1 N–H and O–H groups in total. The number of carbonyl (C=O) groups excluding carboxylic acids is 2. The Morgan fingerprint density at radius 3 is 2.24 bits per heavy atom. The number of aliphatic hydroxyl groups excluding tert-OH is 1. The summed E-state index contributed by atoms with van der Waals surface area (Å²) in [7, 11) is 4.51. The van der Waals surface area contributed by atoms with Crippen LogP contribution in [0.25, 0.3) is 5.76 Å². The number of carbonyl (C=O) groups is 2. The number of benzene rings is 3. The Hall–Kier alpha value is -4.30. The van der Waals surface area contributed by atoms with Gasteiger partial charge < -0.3 is 29.0 Å². The Bertz CT molecular complexity index is 1290. The molecule has 0 saturated carbocycles. The summed E-state index contributed by atoms with van der Waals surface area (Å²) in [5.41, 5.74) is 2.01. The average Bonchev–Trinajstić information content (AvgIpc) is 3.19. The van der Waals surface area contributed by atoms with Crippen molar-refractivity contribution in [3.63, 3.8) is 0 Å². The Balaban J connectivity index is 1.70. The van der Waals surface area contributed by atoms with Crippen LogP contribution in [-0.2, 0) is 20.9 Å². The molecule has 0 bridgehead atoms. The number of hydrogen-bond donors (Lipinski definition) is 1. The number of methoxy groups -OCH3 is 3. The molecule has 1 aliphatic heterocycles. The van der Waals surface area contributed by atoms with Gasteiger partial charge in [-0.1, -0.05) is 42.5 Å². The molecule has 0 spiro atoms. The molecule has 0 radical (unpaired) electrons. The summed E-state index contributed by atoms with van der Waals surface area (Å²) in [5.74, 6) is -0.264. The number of likely N-dealkylation sites (tertiary alicyclic amines) is 1. The molecule has 3 aromatic rings. The van der Waals surface area contributed by atoms with Gasteiger partial charge in [0.1, 0.15) is 18.1 Å². The van der Waals surface area contributed by atoms with E-state index in [1.807, 2.05) is 30.3 Å². The van der Waals surface area contributed by atoms with E-state index in [1.165, 1.54) is 26.2 Å². The zero-order chi connectivity index (χ0) is 26.4. The second-order valence-electron chi connectivity index (χ2n) is 8.40. The minimum Gasteiger partial charge on any atom is -0.507 e. The maximum absolute atomic E-state index is 13.2. The Morgan fingerprint density at radius 2 is 1.59 bits per heavy atom. The van der Waals surface area contributed by atoms with Gasteiger partial charge in [-0.15, -0.1) is 0 Å². The molecule has 1 heterocycles. The van der Waals surface area contributed by atoms with Crippen molar-refractivity contribution in [3.05, 3.63) is 95.1 Å². The van der Waals surface area contributed by atoms with Gasteiger partial charge in [0.25, 0.3) is 11.7 Å². The van der Waals surface area contributed by atoms with Crippen LogP contribution in [0.2, 0.25) is 0 Å². The first-order valence-corrected chi connectivity index (χ1v) is 11.7. The van der Waals surface area contributed by atoms with E-state index in [2.05, 4.69) is 0 Å². The third-order valence-electron chi connectivity index (χ3n) is 6.18. The monoisotopic (exact) mass is 503 g/mol. The molecule has 8 heteroatoms. The molecule has 1 saturated heterocycles. The predicted molar refractivity (Wildman–Crippen MR) is 138 cm³/mol. The lowest BCUT2D eigenvalue weighted by molar-refractivity contribution is -0.140. The molecule has 1 unspecified atom stereocenters. The third kappa shape index (κ3) is 5.44. The van der Waals surface area contributed by atoms with E-state index >= 15 is 0 Å². The highest BCUT2D eigenvalue weighted by Gasteiger charge is 2.45. The topological polar surface area (TPSA) is 94.5 Å². The van der Waals surface area contributed by atoms with Crippen LogP contribution >= 0.6 is 0 Å². The minimum atomic E-state index is -0.800. The second kappa shape index (κ2) is 11.6.